The Labute approximate surface area is 143 Å². The van der Waals surface area contributed by atoms with Crippen LogP contribution in [0.3, 0.4) is 0 Å². The molecular formula is C16H26ClN5O. The molecule has 7 heteroatoms. The van der Waals surface area contributed by atoms with Crippen LogP contribution in [-0.2, 0) is 18.4 Å². The van der Waals surface area contributed by atoms with E-state index >= 15 is 0 Å². The fraction of sp³-hybridized carbons (Fsp3) is 0.750. The van der Waals surface area contributed by atoms with Gasteiger partial charge in [0.1, 0.15) is 11.0 Å². The highest BCUT2D eigenvalue weighted by atomic mass is 35.5. The van der Waals surface area contributed by atoms with Crippen molar-refractivity contribution in [2.24, 2.45) is 7.05 Å². The predicted molar refractivity (Wildman–Crippen MR) is 90.4 cm³/mol. The minimum Gasteiger partial charge on any atom is -0.342 e. The Hall–Kier alpha value is -1.11. The molecule has 0 bridgehead atoms. The molecule has 0 saturated carbocycles. The van der Waals surface area contributed by atoms with E-state index in [0.29, 0.717) is 17.6 Å². The van der Waals surface area contributed by atoms with Crippen molar-refractivity contribution in [2.45, 2.75) is 25.8 Å². The zero-order chi connectivity index (χ0) is 16.2. The molecule has 0 atom stereocenters. The van der Waals surface area contributed by atoms with Crippen molar-refractivity contribution in [3.05, 3.63) is 17.2 Å². The lowest BCUT2D eigenvalue weighted by atomic mass is 10.1. The van der Waals surface area contributed by atoms with Gasteiger partial charge in [-0.05, 0) is 19.3 Å². The number of hydrogen-bond acceptors (Lipinski definition) is 4. The maximum absolute atomic E-state index is 12.3. The van der Waals surface area contributed by atoms with Crippen molar-refractivity contribution in [1.82, 2.24) is 24.3 Å². The highest BCUT2D eigenvalue weighted by Crippen LogP contribution is 2.13. The number of halogens is 1. The largest absolute Gasteiger partial charge is 0.342 e. The fourth-order valence-corrected chi connectivity index (χ4v) is 3.46. The average Bonchev–Trinajstić information content (AvgIpc) is 2.89. The highest BCUT2D eigenvalue weighted by molar-refractivity contribution is 6.29. The Balaban J connectivity index is 1.43. The number of piperazine rings is 1. The summed E-state index contributed by atoms with van der Waals surface area (Å²) in [5, 5.41) is 0.672. The van der Waals surface area contributed by atoms with E-state index in [-0.39, 0.29) is 0 Å². The molecule has 0 unspecified atom stereocenters. The van der Waals surface area contributed by atoms with Gasteiger partial charge in [0.15, 0.2) is 0 Å². The summed E-state index contributed by atoms with van der Waals surface area (Å²) >= 11 is 6.03. The van der Waals surface area contributed by atoms with Crippen LogP contribution < -0.4 is 0 Å². The second-order valence-electron chi connectivity index (χ2n) is 6.55. The smallest absolute Gasteiger partial charge is 0.236 e. The van der Waals surface area contributed by atoms with Crippen LogP contribution in [0.2, 0.25) is 5.15 Å². The summed E-state index contributed by atoms with van der Waals surface area (Å²) in [5.74, 6) is 1.29. The minimum atomic E-state index is 0.300. The van der Waals surface area contributed by atoms with Gasteiger partial charge in [0.05, 0.1) is 19.3 Å². The van der Waals surface area contributed by atoms with E-state index < -0.39 is 0 Å². The SMILES string of the molecule is Cn1c(Cl)cnc1CN1CCN(CC(=O)N2CCCCC2)CC1. The van der Waals surface area contributed by atoms with E-state index in [1.54, 1.807) is 6.20 Å². The van der Waals surface area contributed by atoms with E-state index in [9.17, 15) is 4.79 Å². The molecular weight excluding hydrogens is 314 g/mol. The molecule has 2 aliphatic rings. The number of amides is 1. The third kappa shape index (κ3) is 4.25. The van der Waals surface area contributed by atoms with E-state index in [1.807, 2.05) is 16.5 Å². The number of rotatable bonds is 4. The topological polar surface area (TPSA) is 44.6 Å². The quantitative estimate of drug-likeness (QED) is 0.827. The van der Waals surface area contributed by atoms with E-state index in [2.05, 4.69) is 14.8 Å². The second kappa shape index (κ2) is 7.64. The van der Waals surface area contributed by atoms with Crippen molar-refractivity contribution in [3.8, 4) is 0 Å². The molecule has 6 nitrogen and oxygen atoms in total. The highest BCUT2D eigenvalue weighted by Gasteiger charge is 2.23. The lowest BCUT2D eigenvalue weighted by molar-refractivity contribution is -0.133. The molecule has 23 heavy (non-hydrogen) atoms. The summed E-state index contributed by atoms with van der Waals surface area (Å²) < 4.78 is 1.92. The van der Waals surface area contributed by atoms with Gasteiger partial charge in [-0.2, -0.15) is 0 Å². The van der Waals surface area contributed by atoms with Gasteiger partial charge in [-0.3, -0.25) is 14.6 Å². The van der Waals surface area contributed by atoms with Crippen molar-refractivity contribution in [2.75, 3.05) is 45.8 Å². The Kier molecular flexibility index (Phi) is 5.56. The predicted octanol–water partition coefficient (Wildman–Crippen LogP) is 1.20. The van der Waals surface area contributed by atoms with Crippen molar-refractivity contribution in [1.29, 1.82) is 0 Å². The molecule has 2 aliphatic heterocycles. The van der Waals surface area contributed by atoms with Crippen LogP contribution in [0.25, 0.3) is 0 Å². The van der Waals surface area contributed by atoms with Gasteiger partial charge in [0.25, 0.3) is 0 Å². The van der Waals surface area contributed by atoms with Gasteiger partial charge in [-0.15, -0.1) is 0 Å². The number of piperidine rings is 1. The summed E-state index contributed by atoms with van der Waals surface area (Å²) in [7, 11) is 1.94. The van der Waals surface area contributed by atoms with Gasteiger partial charge in [0.2, 0.25) is 5.91 Å². The first kappa shape index (κ1) is 16.7. The minimum absolute atomic E-state index is 0.300. The van der Waals surface area contributed by atoms with Gasteiger partial charge < -0.3 is 9.47 Å². The van der Waals surface area contributed by atoms with Crippen LogP contribution in [0, 0.1) is 0 Å². The van der Waals surface area contributed by atoms with E-state index in [1.165, 1.54) is 6.42 Å². The molecule has 0 aliphatic carbocycles. The summed E-state index contributed by atoms with van der Waals surface area (Å²) in [6.45, 7) is 7.10. The molecule has 3 heterocycles. The molecule has 128 valence electrons. The molecule has 3 rings (SSSR count). The van der Waals surface area contributed by atoms with Crippen LogP contribution in [0.4, 0.5) is 0 Å². The maximum atomic E-state index is 12.3. The third-order valence-corrected chi connectivity index (χ3v) is 5.28. The first-order valence-corrected chi connectivity index (χ1v) is 8.90. The first-order chi connectivity index (χ1) is 11.1. The van der Waals surface area contributed by atoms with Gasteiger partial charge >= 0.3 is 0 Å². The normalized spacial score (nSPS) is 20.9. The Bertz CT molecular complexity index is 533. The summed E-state index contributed by atoms with van der Waals surface area (Å²) in [6, 6.07) is 0. The maximum Gasteiger partial charge on any atom is 0.236 e. The molecule has 1 amide bonds. The summed E-state index contributed by atoms with van der Waals surface area (Å²) in [6.07, 6.45) is 5.28. The number of carbonyl (C=O) groups is 1. The molecule has 2 fully saturated rings. The molecule has 2 saturated heterocycles. The van der Waals surface area contributed by atoms with Gasteiger partial charge in [-0.25, -0.2) is 4.98 Å². The Morgan fingerprint density at radius 1 is 1.09 bits per heavy atom. The molecule has 0 aromatic carbocycles. The first-order valence-electron chi connectivity index (χ1n) is 8.52. The van der Waals surface area contributed by atoms with Crippen LogP contribution in [0.15, 0.2) is 6.20 Å². The second-order valence-corrected chi connectivity index (χ2v) is 6.94. The lowest BCUT2D eigenvalue weighted by Crippen LogP contribution is -2.50. The Morgan fingerprint density at radius 3 is 2.35 bits per heavy atom. The average molecular weight is 340 g/mol. The van der Waals surface area contributed by atoms with E-state index in [4.69, 9.17) is 11.6 Å². The fourth-order valence-electron chi connectivity index (χ4n) is 3.31. The third-order valence-electron chi connectivity index (χ3n) is 4.93. The van der Waals surface area contributed by atoms with E-state index in [0.717, 1.165) is 64.5 Å². The number of imidazole rings is 1. The number of likely N-dealkylation sites (tertiary alicyclic amines) is 1. The van der Waals surface area contributed by atoms with Crippen LogP contribution in [0.5, 0.6) is 0 Å². The standard InChI is InChI=1S/C16H26ClN5O/c1-19-14(17)11-18-15(19)12-20-7-9-21(10-8-20)13-16(23)22-5-3-2-4-6-22/h11H,2-10,12-13H2,1H3. The molecule has 0 radical (unpaired) electrons. The zero-order valence-electron chi connectivity index (χ0n) is 13.9. The van der Waals surface area contributed by atoms with Crippen molar-refractivity contribution in [3.63, 3.8) is 0 Å². The number of aromatic nitrogens is 2. The van der Waals surface area contributed by atoms with Gasteiger partial charge in [-0.1, -0.05) is 11.6 Å². The molecule has 1 aromatic rings. The molecule has 0 spiro atoms. The number of nitrogens with zero attached hydrogens (tertiary/aromatic N) is 5. The van der Waals surface area contributed by atoms with Crippen LogP contribution in [0.1, 0.15) is 25.1 Å². The van der Waals surface area contributed by atoms with Crippen molar-refractivity contribution >= 4 is 17.5 Å². The molecule has 1 aromatic heterocycles. The van der Waals surface area contributed by atoms with Crippen LogP contribution in [-0.4, -0.2) is 76.0 Å². The number of hydrogen-bond donors (Lipinski definition) is 0. The zero-order valence-corrected chi connectivity index (χ0v) is 14.6. The monoisotopic (exact) mass is 339 g/mol. The Morgan fingerprint density at radius 2 is 1.74 bits per heavy atom. The van der Waals surface area contributed by atoms with Gasteiger partial charge in [0, 0.05) is 46.3 Å². The number of carbonyl (C=O) groups excluding carboxylic acids is 1. The summed E-state index contributed by atoms with van der Waals surface area (Å²) in [5.41, 5.74) is 0. The van der Waals surface area contributed by atoms with Crippen LogP contribution >= 0.6 is 11.6 Å². The van der Waals surface area contributed by atoms with Crippen molar-refractivity contribution < 1.29 is 4.79 Å². The molecule has 0 N–H and O–H groups in total. The summed E-state index contributed by atoms with van der Waals surface area (Å²) in [4.78, 5) is 23.4. The lowest BCUT2D eigenvalue weighted by Gasteiger charge is -2.35.